The molecule has 4 nitrogen and oxygen atoms in total. The number of rotatable bonds is 8. The summed E-state index contributed by atoms with van der Waals surface area (Å²) >= 11 is 0. The number of nitriles is 1. The molecule has 0 atom stereocenters. The lowest BCUT2D eigenvalue weighted by atomic mass is 9.79. The van der Waals surface area contributed by atoms with Gasteiger partial charge in [-0.2, -0.15) is 5.26 Å². The Balaban J connectivity index is 1.33. The largest absolute Gasteiger partial charge is 0.423 e. The Hall–Kier alpha value is -3.56. The summed E-state index contributed by atoms with van der Waals surface area (Å²) in [5, 5.41) is 8.82. The molecule has 0 saturated heterocycles. The maximum atomic E-state index is 13.9. The number of halogens is 2. The Morgan fingerprint density at radius 2 is 1.58 bits per heavy atom. The van der Waals surface area contributed by atoms with E-state index in [0.29, 0.717) is 34.3 Å². The summed E-state index contributed by atoms with van der Waals surface area (Å²) in [6, 6.07) is 17.7. The molecular weight excluding hydrogens is 460 g/mol. The second-order valence-corrected chi connectivity index (χ2v) is 9.26. The summed E-state index contributed by atoms with van der Waals surface area (Å²) < 4.78 is 39.0. The van der Waals surface area contributed by atoms with E-state index in [1.165, 1.54) is 11.6 Å². The fourth-order valence-corrected chi connectivity index (χ4v) is 4.68. The van der Waals surface area contributed by atoms with Gasteiger partial charge in [0.15, 0.2) is 0 Å². The van der Waals surface area contributed by atoms with Crippen LogP contribution in [0.1, 0.15) is 66.4 Å². The van der Waals surface area contributed by atoms with Crippen LogP contribution in [0.15, 0.2) is 60.7 Å². The van der Waals surface area contributed by atoms with Gasteiger partial charge < -0.3 is 9.47 Å². The van der Waals surface area contributed by atoms with Crippen LogP contribution < -0.4 is 4.74 Å². The van der Waals surface area contributed by atoms with Crippen molar-refractivity contribution in [2.45, 2.75) is 44.9 Å². The molecule has 0 bridgehead atoms. The molecule has 3 aromatic carbocycles. The average molecular weight is 490 g/mol. The molecule has 36 heavy (non-hydrogen) atoms. The zero-order chi connectivity index (χ0) is 25.5. The highest BCUT2D eigenvalue weighted by molar-refractivity contribution is 5.91. The number of hydrogen-bond acceptors (Lipinski definition) is 4. The van der Waals surface area contributed by atoms with Crippen molar-refractivity contribution in [1.82, 2.24) is 0 Å². The summed E-state index contributed by atoms with van der Waals surface area (Å²) in [4.78, 5) is 12.6. The molecule has 0 N–H and O–H groups in total. The standard InChI is InChI=1S/C30H29F2NO3/c1-2-15-35-19-20-3-5-21(6-4-20)22-7-9-24(10-8-22)30(34)36-26-13-11-23(12-14-26)25-16-28(31)27(18-33)29(32)17-25/h7-14,16-17,20-21H,2-6,15,19H2,1H3/t20-,21-. The van der Waals surface area contributed by atoms with Crippen LogP contribution in [0.4, 0.5) is 8.78 Å². The van der Waals surface area contributed by atoms with E-state index in [0.717, 1.165) is 57.5 Å². The molecule has 0 amide bonds. The summed E-state index contributed by atoms with van der Waals surface area (Å²) in [5.41, 5.74) is 1.92. The number of benzene rings is 3. The lowest BCUT2D eigenvalue weighted by molar-refractivity contribution is 0.0734. The van der Waals surface area contributed by atoms with Crippen LogP contribution in [0, 0.1) is 28.9 Å². The van der Waals surface area contributed by atoms with E-state index in [1.54, 1.807) is 36.4 Å². The lowest BCUT2D eigenvalue weighted by Gasteiger charge is -2.28. The first-order valence-electron chi connectivity index (χ1n) is 12.4. The molecule has 0 aliphatic heterocycles. The smallest absolute Gasteiger partial charge is 0.343 e. The van der Waals surface area contributed by atoms with Gasteiger partial charge in [0, 0.05) is 13.2 Å². The third-order valence-electron chi connectivity index (χ3n) is 6.72. The number of ether oxygens (including phenoxy) is 2. The maximum Gasteiger partial charge on any atom is 0.343 e. The molecule has 1 aliphatic carbocycles. The van der Waals surface area contributed by atoms with Crippen molar-refractivity contribution in [2.24, 2.45) is 5.92 Å². The number of carbonyl (C=O) groups is 1. The summed E-state index contributed by atoms with van der Waals surface area (Å²) in [6.07, 6.45) is 5.63. The highest BCUT2D eigenvalue weighted by Gasteiger charge is 2.23. The van der Waals surface area contributed by atoms with Crippen molar-refractivity contribution in [3.63, 3.8) is 0 Å². The molecule has 4 rings (SSSR count). The van der Waals surface area contributed by atoms with Crippen LogP contribution in [-0.4, -0.2) is 19.2 Å². The van der Waals surface area contributed by atoms with Gasteiger partial charge >= 0.3 is 5.97 Å². The zero-order valence-corrected chi connectivity index (χ0v) is 20.3. The quantitative estimate of drug-likeness (QED) is 0.188. The first-order valence-corrected chi connectivity index (χ1v) is 12.4. The summed E-state index contributed by atoms with van der Waals surface area (Å²) in [7, 11) is 0. The minimum atomic E-state index is -0.916. The van der Waals surface area contributed by atoms with Gasteiger partial charge in [-0.15, -0.1) is 0 Å². The van der Waals surface area contributed by atoms with Crippen LogP contribution in [-0.2, 0) is 4.74 Å². The minimum absolute atomic E-state index is 0.292. The topological polar surface area (TPSA) is 59.3 Å². The van der Waals surface area contributed by atoms with Crippen LogP contribution >= 0.6 is 0 Å². The Morgan fingerprint density at radius 1 is 0.944 bits per heavy atom. The van der Waals surface area contributed by atoms with Crippen molar-refractivity contribution in [2.75, 3.05) is 13.2 Å². The molecule has 0 aromatic heterocycles. The van der Waals surface area contributed by atoms with E-state index in [1.807, 2.05) is 12.1 Å². The van der Waals surface area contributed by atoms with Crippen LogP contribution in [0.3, 0.4) is 0 Å². The first-order chi connectivity index (χ1) is 17.5. The molecule has 0 spiro atoms. The molecule has 1 aliphatic rings. The van der Waals surface area contributed by atoms with Crippen LogP contribution in [0.2, 0.25) is 0 Å². The maximum absolute atomic E-state index is 13.9. The highest BCUT2D eigenvalue weighted by Crippen LogP contribution is 2.36. The van der Waals surface area contributed by atoms with Crippen LogP contribution in [0.25, 0.3) is 11.1 Å². The van der Waals surface area contributed by atoms with E-state index in [4.69, 9.17) is 14.7 Å². The van der Waals surface area contributed by atoms with Crippen molar-refractivity contribution in [3.05, 3.63) is 89.0 Å². The third-order valence-corrected chi connectivity index (χ3v) is 6.72. The van der Waals surface area contributed by atoms with Gasteiger partial charge in [-0.3, -0.25) is 0 Å². The molecule has 6 heteroatoms. The molecule has 3 aromatic rings. The lowest BCUT2D eigenvalue weighted by Crippen LogP contribution is -2.18. The van der Waals surface area contributed by atoms with Crippen molar-refractivity contribution in [1.29, 1.82) is 5.26 Å². The van der Waals surface area contributed by atoms with Crippen LogP contribution in [0.5, 0.6) is 5.75 Å². The van der Waals surface area contributed by atoms with Gasteiger partial charge in [0.2, 0.25) is 0 Å². The average Bonchev–Trinajstić information content (AvgIpc) is 2.89. The van der Waals surface area contributed by atoms with E-state index in [9.17, 15) is 13.6 Å². The number of esters is 1. The summed E-state index contributed by atoms with van der Waals surface area (Å²) in [5.74, 6) is -0.834. The molecule has 186 valence electrons. The highest BCUT2D eigenvalue weighted by atomic mass is 19.1. The second-order valence-electron chi connectivity index (χ2n) is 9.26. The zero-order valence-electron chi connectivity index (χ0n) is 20.3. The van der Waals surface area contributed by atoms with Gasteiger partial charge in [0.05, 0.1) is 5.56 Å². The van der Waals surface area contributed by atoms with Gasteiger partial charge in [0.25, 0.3) is 0 Å². The predicted molar refractivity (Wildman–Crippen MR) is 134 cm³/mol. The molecule has 1 saturated carbocycles. The Bertz CT molecular complexity index is 1200. The molecular formula is C30H29F2NO3. The fraction of sp³-hybridized carbons (Fsp3) is 0.333. The molecule has 0 unspecified atom stereocenters. The summed E-state index contributed by atoms with van der Waals surface area (Å²) in [6.45, 7) is 3.81. The minimum Gasteiger partial charge on any atom is -0.423 e. The van der Waals surface area contributed by atoms with Gasteiger partial charge in [-0.1, -0.05) is 31.2 Å². The molecule has 0 heterocycles. The normalized spacial score (nSPS) is 17.4. The predicted octanol–water partition coefficient (Wildman–Crippen LogP) is 7.42. The SMILES string of the molecule is CCCOC[C@H]1CC[C@H](c2ccc(C(=O)Oc3ccc(-c4cc(F)c(C#N)c(F)c4)cc3)cc2)CC1. The Morgan fingerprint density at radius 3 is 2.17 bits per heavy atom. The van der Waals surface area contributed by atoms with E-state index < -0.39 is 23.2 Å². The first kappa shape index (κ1) is 25.5. The Labute approximate surface area is 210 Å². The van der Waals surface area contributed by atoms with E-state index in [-0.39, 0.29) is 0 Å². The van der Waals surface area contributed by atoms with Gasteiger partial charge in [0.1, 0.15) is 29.0 Å². The fourth-order valence-electron chi connectivity index (χ4n) is 4.68. The van der Waals surface area contributed by atoms with E-state index >= 15 is 0 Å². The van der Waals surface area contributed by atoms with Crippen molar-refractivity contribution in [3.8, 4) is 22.9 Å². The Kier molecular flexibility index (Phi) is 8.45. The molecule has 1 fully saturated rings. The third kappa shape index (κ3) is 6.16. The van der Waals surface area contributed by atoms with Crippen molar-refractivity contribution < 1.29 is 23.0 Å². The van der Waals surface area contributed by atoms with Gasteiger partial charge in [-0.05, 0) is 97.0 Å². The monoisotopic (exact) mass is 489 g/mol. The van der Waals surface area contributed by atoms with Crippen molar-refractivity contribution >= 4 is 5.97 Å². The molecule has 0 radical (unpaired) electrons. The number of carbonyl (C=O) groups excluding carboxylic acids is 1. The second kappa shape index (κ2) is 11.9. The van der Waals surface area contributed by atoms with E-state index in [2.05, 4.69) is 6.92 Å². The van der Waals surface area contributed by atoms with Gasteiger partial charge in [-0.25, -0.2) is 13.6 Å². The number of hydrogen-bond donors (Lipinski definition) is 0. The number of nitrogens with zero attached hydrogens (tertiary/aromatic N) is 1.